The van der Waals surface area contributed by atoms with E-state index in [0.29, 0.717) is 0 Å². The number of carbonyl (C=O) groups excluding carboxylic acids is 1. The van der Waals surface area contributed by atoms with Crippen LogP contribution in [0.5, 0.6) is 5.75 Å². The molecule has 0 aromatic heterocycles. The van der Waals surface area contributed by atoms with Crippen LogP contribution in [-0.4, -0.2) is 13.0 Å². The number of hydrogen-bond donors (Lipinski definition) is 1. The lowest BCUT2D eigenvalue weighted by Gasteiger charge is -2.13. The highest BCUT2D eigenvalue weighted by molar-refractivity contribution is 5.95. The second-order valence-corrected chi connectivity index (χ2v) is 4.35. The summed E-state index contributed by atoms with van der Waals surface area (Å²) in [6.07, 6.45) is 0. The van der Waals surface area contributed by atoms with E-state index in [2.05, 4.69) is 5.32 Å². The molecule has 2 aromatic carbocycles. The van der Waals surface area contributed by atoms with Crippen LogP contribution in [0.25, 0.3) is 0 Å². The largest absolute Gasteiger partial charge is 0.497 e. The molecule has 3 heteroatoms. The highest BCUT2D eigenvalue weighted by Crippen LogP contribution is 2.20. The predicted molar refractivity (Wildman–Crippen MR) is 76.5 cm³/mol. The SMILES string of the molecule is COc1cccc(NC(=O)[C@@H](C)c2ccccc2)c1. The zero-order chi connectivity index (χ0) is 13.7. The van der Waals surface area contributed by atoms with Crippen LogP contribution in [0.4, 0.5) is 5.69 Å². The van der Waals surface area contributed by atoms with Gasteiger partial charge < -0.3 is 10.1 Å². The van der Waals surface area contributed by atoms with Crippen molar-refractivity contribution in [3.63, 3.8) is 0 Å². The summed E-state index contributed by atoms with van der Waals surface area (Å²) < 4.78 is 5.13. The first-order valence-corrected chi connectivity index (χ1v) is 6.20. The predicted octanol–water partition coefficient (Wildman–Crippen LogP) is 3.44. The minimum atomic E-state index is -0.188. The van der Waals surface area contributed by atoms with Gasteiger partial charge in [-0.25, -0.2) is 0 Å². The van der Waals surface area contributed by atoms with Gasteiger partial charge in [0.2, 0.25) is 5.91 Å². The molecular formula is C16H17NO2. The van der Waals surface area contributed by atoms with Crippen LogP contribution < -0.4 is 10.1 Å². The summed E-state index contributed by atoms with van der Waals surface area (Å²) in [5.41, 5.74) is 1.75. The van der Waals surface area contributed by atoms with Crippen molar-refractivity contribution < 1.29 is 9.53 Å². The fourth-order valence-corrected chi connectivity index (χ4v) is 1.84. The number of amides is 1. The number of ether oxygens (including phenoxy) is 1. The lowest BCUT2D eigenvalue weighted by molar-refractivity contribution is -0.117. The van der Waals surface area contributed by atoms with E-state index in [0.717, 1.165) is 17.0 Å². The summed E-state index contributed by atoms with van der Waals surface area (Å²) in [7, 11) is 1.60. The average molecular weight is 255 g/mol. The molecule has 0 saturated carbocycles. The van der Waals surface area contributed by atoms with Crippen molar-refractivity contribution in [3.05, 3.63) is 60.2 Å². The molecule has 0 aliphatic carbocycles. The summed E-state index contributed by atoms with van der Waals surface area (Å²) in [5, 5.41) is 2.90. The first-order valence-electron chi connectivity index (χ1n) is 6.20. The maximum absolute atomic E-state index is 12.2. The lowest BCUT2D eigenvalue weighted by atomic mass is 10.0. The zero-order valence-electron chi connectivity index (χ0n) is 11.1. The van der Waals surface area contributed by atoms with Gasteiger partial charge in [-0.05, 0) is 24.6 Å². The number of anilines is 1. The minimum Gasteiger partial charge on any atom is -0.497 e. The molecule has 2 rings (SSSR count). The summed E-state index contributed by atoms with van der Waals surface area (Å²) in [6, 6.07) is 17.1. The van der Waals surface area contributed by atoms with Gasteiger partial charge >= 0.3 is 0 Å². The van der Waals surface area contributed by atoms with Gasteiger partial charge in [-0.15, -0.1) is 0 Å². The molecular weight excluding hydrogens is 238 g/mol. The molecule has 0 fully saturated rings. The van der Waals surface area contributed by atoms with Crippen molar-refractivity contribution in [1.82, 2.24) is 0 Å². The quantitative estimate of drug-likeness (QED) is 0.908. The molecule has 1 N–H and O–H groups in total. The van der Waals surface area contributed by atoms with Gasteiger partial charge in [0.05, 0.1) is 13.0 Å². The standard InChI is InChI=1S/C16H17NO2/c1-12(13-7-4-3-5-8-13)16(18)17-14-9-6-10-15(11-14)19-2/h3-12H,1-2H3,(H,17,18)/t12-/m0/s1. The molecule has 3 nitrogen and oxygen atoms in total. The fraction of sp³-hybridized carbons (Fsp3) is 0.188. The number of hydrogen-bond acceptors (Lipinski definition) is 2. The van der Waals surface area contributed by atoms with Crippen LogP contribution in [-0.2, 0) is 4.79 Å². The number of rotatable bonds is 4. The van der Waals surface area contributed by atoms with E-state index in [1.54, 1.807) is 13.2 Å². The summed E-state index contributed by atoms with van der Waals surface area (Å²) >= 11 is 0. The Morgan fingerprint density at radius 1 is 1.11 bits per heavy atom. The molecule has 1 atom stereocenters. The molecule has 19 heavy (non-hydrogen) atoms. The Hall–Kier alpha value is -2.29. The molecule has 0 bridgehead atoms. The topological polar surface area (TPSA) is 38.3 Å². The second-order valence-electron chi connectivity index (χ2n) is 4.35. The van der Waals surface area contributed by atoms with E-state index >= 15 is 0 Å². The highest BCUT2D eigenvalue weighted by Gasteiger charge is 2.14. The molecule has 0 aliphatic rings. The van der Waals surface area contributed by atoms with Crippen molar-refractivity contribution >= 4 is 11.6 Å². The first kappa shape index (κ1) is 13.1. The number of benzene rings is 2. The van der Waals surface area contributed by atoms with Gasteiger partial charge in [0, 0.05) is 11.8 Å². The molecule has 0 heterocycles. The van der Waals surface area contributed by atoms with Gasteiger partial charge in [-0.1, -0.05) is 36.4 Å². The van der Waals surface area contributed by atoms with Gasteiger partial charge in [0.15, 0.2) is 0 Å². The van der Waals surface area contributed by atoms with E-state index < -0.39 is 0 Å². The molecule has 98 valence electrons. The summed E-state index contributed by atoms with van der Waals surface area (Å²) in [5.74, 6) is 0.511. The third-order valence-corrected chi connectivity index (χ3v) is 3.03. The van der Waals surface area contributed by atoms with Gasteiger partial charge in [0.25, 0.3) is 0 Å². The van der Waals surface area contributed by atoms with Crippen molar-refractivity contribution in [2.75, 3.05) is 12.4 Å². The Bertz CT molecular complexity index is 552. The number of methoxy groups -OCH3 is 1. The van der Waals surface area contributed by atoms with Crippen LogP contribution in [0.3, 0.4) is 0 Å². The van der Waals surface area contributed by atoms with Crippen molar-refractivity contribution in [2.24, 2.45) is 0 Å². The molecule has 0 radical (unpaired) electrons. The Balaban J connectivity index is 2.08. The van der Waals surface area contributed by atoms with Crippen LogP contribution >= 0.6 is 0 Å². The Kier molecular flexibility index (Phi) is 4.18. The van der Waals surface area contributed by atoms with Crippen molar-refractivity contribution in [1.29, 1.82) is 0 Å². The average Bonchev–Trinajstić information content (AvgIpc) is 2.47. The van der Waals surface area contributed by atoms with E-state index in [4.69, 9.17) is 4.74 Å². The second kappa shape index (κ2) is 6.05. The van der Waals surface area contributed by atoms with E-state index in [1.807, 2.05) is 55.5 Å². The monoisotopic (exact) mass is 255 g/mol. The van der Waals surface area contributed by atoms with Gasteiger partial charge in [-0.2, -0.15) is 0 Å². The van der Waals surface area contributed by atoms with Crippen LogP contribution in [0.15, 0.2) is 54.6 Å². The Morgan fingerprint density at radius 3 is 2.53 bits per heavy atom. The smallest absolute Gasteiger partial charge is 0.231 e. The van der Waals surface area contributed by atoms with Gasteiger partial charge in [0.1, 0.15) is 5.75 Å². The van der Waals surface area contributed by atoms with Crippen LogP contribution in [0, 0.1) is 0 Å². The minimum absolute atomic E-state index is 0.0283. The normalized spacial score (nSPS) is 11.7. The van der Waals surface area contributed by atoms with E-state index in [1.165, 1.54) is 0 Å². The first-order chi connectivity index (χ1) is 9.20. The summed E-state index contributed by atoms with van der Waals surface area (Å²) in [6.45, 7) is 1.89. The van der Waals surface area contributed by atoms with Gasteiger partial charge in [-0.3, -0.25) is 4.79 Å². The Morgan fingerprint density at radius 2 is 1.84 bits per heavy atom. The molecule has 2 aromatic rings. The number of nitrogens with one attached hydrogen (secondary N) is 1. The highest BCUT2D eigenvalue weighted by atomic mass is 16.5. The molecule has 0 aliphatic heterocycles. The van der Waals surface area contributed by atoms with Crippen LogP contribution in [0.2, 0.25) is 0 Å². The van der Waals surface area contributed by atoms with Crippen molar-refractivity contribution in [2.45, 2.75) is 12.8 Å². The third-order valence-electron chi connectivity index (χ3n) is 3.03. The fourth-order valence-electron chi connectivity index (χ4n) is 1.84. The molecule has 0 unspecified atom stereocenters. The maximum atomic E-state index is 12.2. The molecule has 0 spiro atoms. The molecule has 0 saturated heterocycles. The summed E-state index contributed by atoms with van der Waals surface area (Å²) in [4.78, 5) is 12.2. The maximum Gasteiger partial charge on any atom is 0.231 e. The molecule has 1 amide bonds. The zero-order valence-corrected chi connectivity index (χ0v) is 11.1. The van der Waals surface area contributed by atoms with E-state index in [9.17, 15) is 4.79 Å². The van der Waals surface area contributed by atoms with Crippen LogP contribution in [0.1, 0.15) is 18.4 Å². The Labute approximate surface area is 113 Å². The number of carbonyl (C=O) groups is 1. The third kappa shape index (κ3) is 3.35. The van der Waals surface area contributed by atoms with Crippen molar-refractivity contribution in [3.8, 4) is 5.75 Å². The van der Waals surface area contributed by atoms with E-state index in [-0.39, 0.29) is 11.8 Å². The lowest BCUT2D eigenvalue weighted by Crippen LogP contribution is -2.18.